The van der Waals surface area contributed by atoms with Gasteiger partial charge < -0.3 is 9.32 Å². The first-order chi connectivity index (χ1) is 12.6. The van der Waals surface area contributed by atoms with Crippen molar-refractivity contribution in [3.8, 4) is 11.3 Å². The van der Waals surface area contributed by atoms with Crippen LogP contribution in [-0.4, -0.2) is 23.9 Å². The number of hydrogen-bond acceptors (Lipinski definition) is 3. The smallest absolute Gasteiger partial charge is 0.344 e. The molecule has 0 spiro atoms. The fourth-order valence-corrected chi connectivity index (χ4v) is 3.53. The molecular formula is C22H21NO3. The van der Waals surface area contributed by atoms with Crippen LogP contribution < -0.4 is 5.63 Å². The summed E-state index contributed by atoms with van der Waals surface area (Å²) >= 11 is 0. The van der Waals surface area contributed by atoms with E-state index >= 15 is 0 Å². The molecule has 2 heterocycles. The molecule has 1 aromatic heterocycles. The highest BCUT2D eigenvalue weighted by molar-refractivity contribution is 6.01. The predicted octanol–water partition coefficient (Wildman–Crippen LogP) is 4.33. The van der Waals surface area contributed by atoms with Gasteiger partial charge in [0.15, 0.2) is 0 Å². The highest BCUT2D eigenvalue weighted by Crippen LogP contribution is 2.27. The third-order valence-corrected chi connectivity index (χ3v) is 5.16. The Kier molecular flexibility index (Phi) is 4.33. The van der Waals surface area contributed by atoms with E-state index in [1.165, 1.54) is 0 Å². The van der Waals surface area contributed by atoms with E-state index in [9.17, 15) is 9.59 Å². The molecule has 1 saturated heterocycles. The maximum absolute atomic E-state index is 13.1. The van der Waals surface area contributed by atoms with E-state index in [1.807, 2.05) is 53.4 Å². The van der Waals surface area contributed by atoms with Gasteiger partial charge in [0.2, 0.25) is 0 Å². The molecule has 0 unspecified atom stereocenters. The first kappa shape index (κ1) is 16.6. The Balaban J connectivity index is 1.77. The second-order valence-corrected chi connectivity index (χ2v) is 7.01. The van der Waals surface area contributed by atoms with Crippen molar-refractivity contribution in [2.75, 3.05) is 13.1 Å². The third-order valence-electron chi connectivity index (χ3n) is 5.16. The standard InChI is InChI=1S/C22H21NO3/c1-15-10-12-23(13-11-15)21(24)19-9-5-4-8-18(19)20-14-16-6-2-3-7-17(16)22(25)26-20/h2-9,14-15H,10-13H2,1H3. The Morgan fingerprint density at radius 1 is 1.04 bits per heavy atom. The molecule has 1 aliphatic rings. The predicted molar refractivity (Wildman–Crippen MR) is 102 cm³/mol. The van der Waals surface area contributed by atoms with Gasteiger partial charge in [-0.2, -0.15) is 0 Å². The number of nitrogens with zero attached hydrogens (tertiary/aromatic N) is 1. The van der Waals surface area contributed by atoms with Gasteiger partial charge in [0.25, 0.3) is 5.91 Å². The van der Waals surface area contributed by atoms with Crippen molar-refractivity contribution in [1.29, 1.82) is 0 Å². The second-order valence-electron chi connectivity index (χ2n) is 7.01. The molecular weight excluding hydrogens is 326 g/mol. The highest BCUT2D eigenvalue weighted by atomic mass is 16.4. The number of rotatable bonds is 2. The van der Waals surface area contributed by atoms with Crippen LogP contribution in [0.25, 0.3) is 22.1 Å². The lowest BCUT2D eigenvalue weighted by atomic mass is 9.97. The first-order valence-electron chi connectivity index (χ1n) is 9.05. The summed E-state index contributed by atoms with van der Waals surface area (Å²) in [5, 5.41) is 1.36. The van der Waals surface area contributed by atoms with E-state index in [-0.39, 0.29) is 11.5 Å². The average Bonchev–Trinajstić information content (AvgIpc) is 2.68. The molecule has 132 valence electrons. The van der Waals surface area contributed by atoms with Crippen LogP contribution in [0.15, 0.2) is 63.8 Å². The zero-order valence-corrected chi connectivity index (χ0v) is 14.8. The van der Waals surface area contributed by atoms with Gasteiger partial charge in [-0.3, -0.25) is 4.79 Å². The summed E-state index contributed by atoms with van der Waals surface area (Å²) in [5.74, 6) is 1.10. The molecule has 4 rings (SSSR count). The lowest BCUT2D eigenvalue weighted by Crippen LogP contribution is -2.38. The van der Waals surface area contributed by atoms with Gasteiger partial charge in [-0.05, 0) is 42.3 Å². The molecule has 1 fully saturated rings. The van der Waals surface area contributed by atoms with Crippen molar-refractivity contribution in [2.24, 2.45) is 5.92 Å². The van der Waals surface area contributed by atoms with Crippen LogP contribution in [0.2, 0.25) is 0 Å². The molecule has 4 nitrogen and oxygen atoms in total. The number of carbonyl (C=O) groups excluding carboxylic acids is 1. The van der Waals surface area contributed by atoms with E-state index in [4.69, 9.17) is 4.42 Å². The summed E-state index contributed by atoms with van der Waals surface area (Å²) < 4.78 is 5.55. The van der Waals surface area contributed by atoms with Crippen molar-refractivity contribution in [3.63, 3.8) is 0 Å². The Morgan fingerprint density at radius 3 is 2.54 bits per heavy atom. The van der Waals surface area contributed by atoms with Crippen LogP contribution in [-0.2, 0) is 0 Å². The van der Waals surface area contributed by atoms with Gasteiger partial charge in [0, 0.05) is 18.7 Å². The molecule has 0 atom stereocenters. The van der Waals surface area contributed by atoms with Gasteiger partial charge in [0.1, 0.15) is 5.76 Å². The molecule has 0 radical (unpaired) electrons. The Hall–Kier alpha value is -2.88. The van der Waals surface area contributed by atoms with E-state index in [0.29, 0.717) is 28.2 Å². The maximum atomic E-state index is 13.1. The van der Waals surface area contributed by atoms with Crippen molar-refractivity contribution in [1.82, 2.24) is 4.90 Å². The fraction of sp³-hybridized carbons (Fsp3) is 0.273. The molecule has 26 heavy (non-hydrogen) atoms. The number of benzene rings is 2. The van der Waals surface area contributed by atoms with Crippen molar-refractivity contribution in [2.45, 2.75) is 19.8 Å². The van der Waals surface area contributed by atoms with Crippen molar-refractivity contribution in [3.05, 3.63) is 70.6 Å². The van der Waals surface area contributed by atoms with Crippen molar-refractivity contribution < 1.29 is 9.21 Å². The molecule has 1 aliphatic heterocycles. The minimum atomic E-state index is -0.382. The molecule has 0 bridgehead atoms. The second kappa shape index (κ2) is 6.79. The number of amides is 1. The number of hydrogen-bond donors (Lipinski definition) is 0. The van der Waals surface area contributed by atoms with E-state index < -0.39 is 0 Å². The summed E-state index contributed by atoms with van der Waals surface area (Å²) in [5.41, 5.74) is 0.867. The normalized spacial score (nSPS) is 15.3. The van der Waals surface area contributed by atoms with Gasteiger partial charge >= 0.3 is 5.63 Å². The molecule has 0 aliphatic carbocycles. The van der Waals surface area contributed by atoms with Gasteiger partial charge in [0.05, 0.1) is 10.9 Å². The molecule has 0 N–H and O–H groups in total. The van der Waals surface area contributed by atoms with Gasteiger partial charge in [-0.25, -0.2) is 4.79 Å². The maximum Gasteiger partial charge on any atom is 0.344 e. The van der Waals surface area contributed by atoms with Crippen LogP contribution in [0.5, 0.6) is 0 Å². The zero-order valence-electron chi connectivity index (χ0n) is 14.8. The minimum Gasteiger partial charge on any atom is -0.422 e. The van der Waals surface area contributed by atoms with Gasteiger partial charge in [-0.1, -0.05) is 43.3 Å². The SMILES string of the molecule is CC1CCN(C(=O)c2ccccc2-c2cc3ccccc3c(=O)o2)CC1. The van der Waals surface area contributed by atoms with Crippen LogP contribution in [0.1, 0.15) is 30.1 Å². The highest BCUT2D eigenvalue weighted by Gasteiger charge is 2.24. The van der Waals surface area contributed by atoms with E-state index in [0.717, 1.165) is 31.3 Å². The Bertz CT molecular complexity index is 1010. The lowest BCUT2D eigenvalue weighted by Gasteiger charge is -2.30. The summed E-state index contributed by atoms with van der Waals surface area (Å²) in [6.07, 6.45) is 2.05. The number of fused-ring (bicyclic) bond motifs is 1. The average molecular weight is 347 g/mol. The lowest BCUT2D eigenvalue weighted by molar-refractivity contribution is 0.0698. The third kappa shape index (κ3) is 3.03. The first-order valence-corrected chi connectivity index (χ1v) is 9.05. The topological polar surface area (TPSA) is 50.5 Å². The largest absolute Gasteiger partial charge is 0.422 e. The molecule has 1 amide bonds. The quantitative estimate of drug-likeness (QED) is 0.693. The molecule has 3 aromatic rings. The van der Waals surface area contributed by atoms with Crippen molar-refractivity contribution >= 4 is 16.7 Å². The number of carbonyl (C=O) groups is 1. The summed E-state index contributed by atoms with van der Waals surface area (Å²) in [7, 11) is 0. The Morgan fingerprint density at radius 2 is 1.73 bits per heavy atom. The fourth-order valence-electron chi connectivity index (χ4n) is 3.53. The van der Waals surface area contributed by atoms with Crippen LogP contribution in [0.4, 0.5) is 0 Å². The molecule has 0 saturated carbocycles. The Labute approximate surface area is 152 Å². The molecule has 4 heteroatoms. The summed E-state index contributed by atoms with van der Waals surface area (Å²) in [6.45, 7) is 3.77. The summed E-state index contributed by atoms with van der Waals surface area (Å²) in [6, 6.07) is 16.5. The monoisotopic (exact) mass is 347 g/mol. The van der Waals surface area contributed by atoms with Crippen LogP contribution >= 0.6 is 0 Å². The summed E-state index contributed by atoms with van der Waals surface area (Å²) in [4.78, 5) is 27.3. The zero-order chi connectivity index (χ0) is 18.1. The van der Waals surface area contributed by atoms with E-state index in [1.54, 1.807) is 6.07 Å². The van der Waals surface area contributed by atoms with Crippen LogP contribution in [0, 0.1) is 5.92 Å². The van der Waals surface area contributed by atoms with Crippen LogP contribution in [0.3, 0.4) is 0 Å². The minimum absolute atomic E-state index is 0.00306. The van der Waals surface area contributed by atoms with E-state index in [2.05, 4.69) is 6.92 Å². The number of piperidine rings is 1. The molecule has 2 aromatic carbocycles. The number of likely N-dealkylation sites (tertiary alicyclic amines) is 1. The van der Waals surface area contributed by atoms with Gasteiger partial charge in [-0.15, -0.1) is 0 Å².